The number of hydrogen-bond acceptors (Lipinski definition) is 2. The molecule has 17 heavy (non-hydrogen) atoms. The van der Waals surface area contributed by atoms with E-state index in [9.17, 15) is 0 Å². The number of ether oxygens (including phenoxy) is 1. The van der Waals surface area contributed by atoms with Gasteiger partial charge in [0.2, 0.25) is 0 Å². The van der Waals surface area contributed by atoms with Gasteiger partial charge in [0.1, 0.15) is 10.1 Å². The van der Waals surface area contributed by atoms with Crippen LogP contribution in [0, 0.1) is 0 Å². The van der Waals surface area contributed by atoms with Crippen molar-refractivity contribution in [1.82, 2.24) is 0 Å². The molecule has 1 aromatic carbocycles. The van der Waals surface area contributed by atoms with Crippen molar-refractivity contribution in [3.8, 4) is 5.75 Å². The first kappa shape index (κ1) is 13.2. The number of thiophene rings is 1. The first-order valence-corrected chi connectivity index (χ1v) is 7.27. The van der Waals surface area contributed by atoms with Crippen LogP contribution in [0.25, 0.3) is 0 Å². The summed E-state index contributed by atoms with van der Waals surface area (Å²) in [4.78, 5) is 1.01. The highest BCUT2D eigenvalue weighted by Crippen LogP contribution is 2.40. The molecule has 90 valence electrons. The highest BCUT2D eigenvalue weighted by Gasteiger charge is 2.15. The zero-order valence-corrected chi connectivity index (χ0v) is 12.8. The Bertz CT molecular complexity index is 507. The van der Waals surface area contributed by atoms with E-state index in [2.05, 4.69) is 15.9 Å². The Labute approximate surface area is 122 Å². The third kappa shape index (κ3) is 2.97. The maximum absolute atomic E-state index is 6.42. The highest BCUT2D eigenvalue weighted by atomic mass is 79.9. The molecule has 1 unspecified atom stereocenters. The van der Waals surface area contributed by atoms with Crippen LogP contribution in [-0.2, 0) is 0 Å². The van der Waals surface area contributed by atoms with Crippen molar-refractivity contribution in [1.29, 1.82) is 0 Å². The molecule has 0 aliphatic heterocycles. The molecule has 0 aliphatic carbocycles. The molecule has 0 saturated heterocycles. The Morgan fingerprint density at radius 3 is 2.71 bits per heavy atom. The van der Waals surface area contributed by atoms with Gasteiger partial charge < -0.3 is 4.74 Å². The fraction of sp³-hybridized carbons (Fsp3) is 0.167. The smallest absolute Gasteiger partial charge is 0.119 e. The van der Waals surface area contributed by atoms with E-state index in [1.165, 1.54) is 11.3 Å². The fourth-order valence-corrected chi connectivity index (χ4v) is 3.53. The molecule has 0 spiro atoms. The van der Waals surface area contributed by atoms with E-state index < -0.39 is 0 Å². The molecular weight excluding hydrogens is 343 g/mol. The minimum Gasteiger partial charge on any atom is -0.497 e. The summed E-state index contributed by atoms with van der Waals surface area (Å²) in [6.07, 6.45) is 0. The third-order valence-corrected chi connectivity index (χ3v) is 5.46. The average molecular weight is 352 g/mol. The Balaban J connectivity index is 2.32. The lowest BCUT2D eigenvalue weighted by Gasteiger charge is -2.09. The van der Waals surface area contributed by atoms with Gasteiger partial charge in [0.05, 0.1) is 12.5 Å². The molecular formula is C12H9BrCl2OS. The van der Waals surface area contributed by atoms with Gasteiger partial charge in [-0.2, -0.15) is 0 Å². The number of halogens is 3. The van der Waals surface area contributed by atoms with Gasteiger partial charge >= 0.3 is 0 Å². The van der Waals surface area contributed by atoms with Crippen LogP contribution in [-0.4, -0.2) is 7.11 Å². The van der Waals surface area contributed by atoms with Crippen molar-refractivity contribution in [2.24, 2.45) is 0 Å². The summed E-state index contributed by atoms with van der Waals surface area (Å²) < 4.78 is 6.78. The van der Waals surface area contributed by atoms with E-state index in [1.807, 2.05) is 30.3 Å². The number of alkyl halides is 1. The fourth-order valence-electron chi connectivity index (χ4n) is 1.45. The van der Waals surface area contributed by atoms with Crippen LogP contribution in [0.3, 0.4) is 0 Å². The van der Waals surface area contributed by atoms with Gasteiger partial charge in [0.25, 0.3) is 0 Å². The van der Waals surface area contributed by atoms with Gasteiger partial charge in [-0.3, -0.25) is 0 Å². The topological polar surface area (TPSA) is 9.23 Å². The first-order chi connectivity index (χ1) is 8.11. The van der Waals surface area contributed by atoms with Crippen LogP contribution in [0.1, 0.15) is 15.8 Å². The second kappa shape index (κ2) is 5.61. The van der Waals surface area contributed by atoms with Crippen molar-refractivity contribution in [3.63, 3.8) is 0 Å². The summed E-state index contributed by atoms with van der Waals surface area (Å²) in [6.45, 7) is 0. The molecule has 5 heteroatoms. The Kier molecular flexibility index (Phi) is 4.36. The van der Waals surface area contributed by atoms with E-state index in [0.29, 0.717) is 4.34 Å². The molecule has 0 N–H and O–H groups in total. The molecule has 0 amide bonds. The van der Waals surface area contributed by atoms with Crippen LogP contribution in [0.5, 0.6) is 5.75 Å². The summed E-state index contributed by atoms with van der Waals surface area (Å²) in [6, 6.07) is 9.67. The second-order valence-corrected chi connectivity index (χ2v) is 6.39. The molecule has 1 heterocycles. The predicted molar refractivity (Wildman–Crippen MR) is 77.7 cm³/mol. The van der Waals surface area contributed by atoms with E-state index >= 15 is 0 Å². The minimum absolute atomic E-state index is 0.209. The van der Waals surface area contributed by atoms with Gasteiger partial charge in [0.15, 0.2) is 0 Å². The molecule has 0 saturated carbocycles. The SMILES string of the molecule is COc1cccc(C(Cl)c2cc(Br)c(Cl)s2)c1. The summed E-state index contributed by atoms with van der Waals surface area (Å²) >= 11 is 17.3. The van der Waals surface area contributed by atoms with E-state index in [4.69, 9.17) is 27.9 Å². The Hall–Kier alpha value is -0.220. The minimum atomic E-state index is -0.209. The van der Waals surface area contributed by atoms with E-state index in [-0.39, 0.29) is 5.38 Å². The number of benzene rings is 1. The third-order valence-electron chi connectivity index (χ3n) is 2.30. The van der Waals surface area contributed by atoms with Crippen molar-refractivity contribution >= 4 is 50.5 Å². The van der Waals surface area contributed by atoms with Crippen LogP contribution in [0.2, 0.25) is 4.34 Å². The maximum Gasteiger partial charge on any atom is 0.119 e. The van der Waals surface area contributed by atoms with Crippen LogP contribution in [0.4, 0.5) is 0 Å². The van der Waals surface area contributed by atoms with Crippen LogP contribution >= 0.6 is 50.5 Å². The van der Waals surface area contributed by atoms with Crippen LogP contribution in [0.15, 0.2) is 34.8 Å². The van der Waals surface area contributed by atoms with Gasteiger partial charge in [-0.05, 0) is 39.7 Å². The van der Waals surface area contributed by atoms with Crippen molar-refractivity contribution < 1.29 is 4.74 Å². The summed E-state index contributed by atoms with van der Waals surface area (Å²) in [5.41, 5.74) is 0.997. The lowest BCUT2D eigenvalue weighted by Crippen LogP contribution is -1.91. The van der Waals surface area contributed by atoms with Gasteiger partial charge in [-0.25, -0.2) is 0 Å². The standard InChI is InChI=1S/C12H9BrCl2OS/c1-16-8-4-2-3-7(5-8)11(14)10-6-9(13)12(15)17-10/h2-6,11H,1H3. The van der Waals surface area contributed by atoms with Crippen molar-refractivity contribution in [2.75, 3.05) is 7.11 Å². The molecule has 1 atom stereocenters. The molecule has 0 fully saturated rings. The average Bonchev–Trinajstić information content (AvgIpc) is 2.69. The van der Waals surface area contributed by atoms with E-state index in [0.717, 1.165) is 20.7 Å². The van der Waals surface area contributed by atoms with Gasteiger partial charge in [0, 0.05) is 9.35 Å². The van der Waals surface area contributed by atoms with E-state index in [1.54, 1.807) is 7.11 Å². The molecule has 2 rings (SSSR count). The Morgan fingerprint density at radius 1 is 1.35 bits per heavy atom. The number of methoxy groups -OCH3 is 1. The lowest BCUT2D eigenvalue weighted by molar-refractivity contribution is 0.414. The largest absolute Gasteiger partial charge is 0.497 e. The summed E-state index contributed by atoms with van der Waals surface area (Å²) in [5.74, 6) is 0.801. The van der Waals surface area contributed by atoms with Gasteiger partial charge in [-0.1, -0.05) is 23.7 Å². The highest BCUT2D eigenvalue weighted by molar-refractivity contribution is 9.10. The summed E-state index contributed by atoms with van der Waals surface area (Å²) in [7, 11) is 1.64. The molecule has 0 aliphatic rings. The van der Waals surface area contributed by atoms with Crippen molar-refractivity contribution in [3.05, 3.63) is 49.6 Å². The maximum atomic E-state index is 6.42. The molecule has 1 nitrogen and oxygen atoms in total. The molecule has 0 radical (unpaired) electrons. The predicted octanol–water partition coefficient (Wildman–Crippen LogP) is 5.50. The Morgan fingerprint density at radius 2 is 2.12 bits per heavy atom. The van der Waals surface area contributed by atoms with Gasteiger partial charge in [-0.15, -0.1) is 22.9 Å². The quantitative estimate of drug-likeness (QED) is 0.663. The van der Waals surface area contributed by atoms with Crippen molar-refractivity contribution in [2.45, 2.75) is 5.38 Å². The number of rotatable bonds is 3. The molecule has 1 aromatic heterocycles. The molecule has 0 bridgehead atoms. The number of hydrogen-bond donors (Lipinski definition) is 0. The first-order valence-electron chi connectivity index (χ1n) is 4.84. The normalized spacial score (nSPS) is 12.5. The van der Waals surface area contributed by atoms with Crippen LogP contribution < -0.4 is 4.74 Å². The zero-order chi connectivity index (χ0) is 12.4. The monoisotopic (exact) mass is 350 g/mol. The molecule has 2 aromatic rings. The summed E-state index contributed by atoms with van der Waals surface area (Å²) in [5, 5.41) is -0.209. The second-order valence-electron chi connectivity index (χ2n) is 3.41. The lowest BCUT2D eigenvalue weighted by atomic mass is 10.1. The zero-order valence-electron chi connectivity index (χ0n) is 8.91.